The number of methoxy groups -OCH3 is 2. The van der Waals surface area contributed by atoms with Crippen molar-refractivity contribution in [2.45, 2.75) is 6.92 Å². The van der Waals surface area contributed by atoms with Gasteiger partial charge >= 0.3 is 0 Å². The smallest absolute Gasteiger partial charge is 0.292 e. The van der Waals surface area contributed by atoms with Crippen LogP contribution in [-0.4, -0.2) is 14.2 Å². The van der Waals surface area contributed by atoms with Crippen LogP contribution in [0.3, 0.4) is 0 Å². The van der Waals surface area contributed by atoms with E-state index in [9.17, 15) is 0 Å². The first-order valence-corrected chi connectivity index (χ1v) is 6.08. The maximum absolute atomic E-state index is 8.58. The molecular formula is C16H15NO3. The third-order valence-corrected chi connectivity index (χ3v) is 3.06. The Balaban J connectivity index is 2.45. The molecule has 0 aliphatic rings. The molecule has 2 aromatic carbocycles. The summed E-state index contributed by atoms with van der Waals surface area (Å²) < 4.78 is 15.4. The predicted octanol–water partition coefficient (Wildman–Crippen LogP) is 3.54. The van der Waals surface area contributed by atoms with Crippen LogP contribution in [0, 0.1) is 18.4 Å². The normalized spacial score (nSPS) is 9.70. The van der Waals surface area contributed by atoms with Gasteiger partial charge in [0.2, 0.25) is 0 Å². The molecule has 0 N–H and O–H groups in total. The SMILES string of the molecule is COc1cc(-c2ccc(OC#N)c(OC)c2)ccc1C. The van der Waals surface area contributed by atoms with Gasteiger partial charge in [0.1, 0.15) is 5.75 Å². The van der Waals surface area contributed by atoms with Crippen LogP contribution in [-0.2, 0) is 0 Å². The summed E-state index contributed by atoms with van der Waals surface area (Å²) in [5.74, 6) is 1.75. The summed E-state index contributed by atoms with van der Waals surface area (Å²) in [7, 11) is 3.19. The Bertz CT molecular complexity index is 659. The molecule has 0 heterocycles. The van der Waals surface area contributed by atoms with Crippen LogP contribution in [0.4, 0.5) is 0 Å². The van der Waals surface area contributed by atoms with Crippen LogP contribution in [0.1, 0.15) is 5.56 Å². The molecule has 0 radical (unpaired) electrons. The molecule has 4 nitrogen and oxygen atoms in total. The fourth-order valence-electron chi connectivity index (χ4n) is 1.98. The zero-order valence-corrected chi connectivity index (χ0v) is 11.6. The van der Waals surface area contributed by atoms with E-state index in [1.54, 1.807) is 26.5 Å². The molecule has 0 spiro atoms. The fraction of sp³-hybridized carbons (Fsp3) is 0.188. The zero-order valence-electron chi connectivity index (χ0n) is 11.6. The van der Waals surface area contributed by atoms with Gasteiger partial charge in [-0.25, -0.2) is 0 Å². The Morgan fingerprint density at radius 2 is 1.45 bits per heavy atom. The Morgan fingerprint density at radius 3 is 2.05 bits per heavy atom. The molecule has 102 valence electrons. The average molecular weight is 269 g/mol. The minimum atomic E-state index is 0.401. The third-order valence-electron chi connectivity index (χ3n) is 3.06. The van der Waals surface area contributed by atoms with E-state index in [2.05, 4.69) is 0 Å². The van der Waals surface area contributed by atoms with E-state index in [0.29, 0.717) is 11.5 Å². The molecule has 0 unspecified atom stereocenters. The van der Waals surface area contributed by atoms with E-state index in [-0.39, 0.29) is 0 Å². The first-order valence-electron chi connectivity index (χ1n) is 6.08. The first kappa shape index (κ1) is 13.8. The number of rotatable bonds is 4. The Hall–Kier alpha value is -2.67. The number of benzene rings is 2. The number of nitrogens with zero attached hydrogens (tertiary/aromatic N) is 1. The molecule has 2 aromatic rings. The number of ether oxygens (including phenoxy) is 3. The van der Waals surface area contributed by atoms with Gasteiger partial charge in [0.05, 0.1) is 14.2 Å². The molecule has 2 rings (SSSR count). The number of hydrogen-bond acceptors (Lipinski definition) is 4. The van der Waals surface area contributed by atoms with Crippen molar-refractivity contribution >= 4 is 0 Å². The van der Waals surface area contributed by atoms with Crippen molar-refractivity contribution in [1.82, 2.24) is 0 Å². The monoisotopic (exact) mass is 269 g/mol. The van der Waals surface area contributed by atoms with E-state index in [1.165, 1.54) is 0 Å². The van der Waals surface area contributed by atoms with Crippen molar-refractivity contribution in [2.24, 2.45) is 0 Å². The largest absolute Gasteiger partial charge is 0.496 e. The van der Waals surface area contributed by atoms with Crippen molar-refractivity contribution in [3.05, 3.63) is 42.0 Å². The second-order valence-corrected chi connectivity index (χ2v) is 4.24. The van der Waals surface area contributed by atoms with E-state index < -0.39 is 0 Å². The molecule has 0 fully saturated rings. The summed E-state index contributed by atoms with van der Waals surface area (Å²) in [5.41, 5.74) is 3.05. The Kier molecular flexibility index (Phi) is 4.11. The van der Waals surface area contributed by atoms with Crippen molar-refractivity contribution in [3.63, 3.8) is 0 Å². The summed E-state index contributed by atoms with van der Waals surface area (Å²) >= 11 is 0. The van der Waals surface area contributed by atoms with Gasteiger partial charge in [0, 0.05) is 0 Å². The lowest BCUT2D eigenvalue weighted by atomic mass is 10.0. The maximum Gasteiger partial charge on any atom is 0.292 e. The fourth-order valence-corrected chi connectivity index (χ4v) is 1.98. The first-order chi connectivity index (χ1) is 9.69. The Labute approximate surface area is 118 Å². The predicted molar refractivity (Wildman–Crippen MR) is 76.0 cm³/mol. The highest BCUT2D eigenvalue weighted by Crippen LogP contribution is 2.34. The minimum absolute atomic E-state index is 0.401. The zero-order chi connectivity index (χ0) is 14.5. The quantitative estimate of drug-likeness (QED) is 0.797. The van der Waals surface area contributed by atoms with E-state index in [4.69, 9.17) is 19.5 Å². The third kappa shape index (κ3) is 2.67. The summed E-state index contributed by atoms with van der Waals surface area (Å²) in [5, 5.41) is 8.58. The van der Waals surface area contributed by atoms with Crippen LogP contribution >= 0.6 is 0 Å². The summed E-state index contributed by atoms with van der Waals surface area (Å²) in [6.45, 7) is 1.99. The van der Waals surface area contributed by atoms with Crippen LogP contribution in [0.2, 0.25) is 0 Å². The topological polar surface area (TPSA) is 51.5 Å². The number of nitriles is 1. The van der Waals surface area contributed by atoms with Gasteiger partial charge in [-0.15, -0.1) is 5.26 Å². The van der Waals surface area contributed by atoms with Crippen LogP contribution in [0.5, 0.6) is 17.2 Å². The van der Waals surface area contributed by atoms with Gasteiger partial charge in [0.15, 0.2) is 11.5 Å². The standard InChI is InChI=1S/C16H15NO3/c1-11-4-5-12(8-15(11)18-2)13-6-7-14(20-10-17)16(9-13)19-3/h4-9H,1-3H3. The minimum Gasteiger partial charge on any atom is -0.496 e. The van der Waals surface area contributed by atoms with Crippen LogP contribution in [0.25, 0.3) is 11.1 Å². The molecule has 0 atom stereocenters. The lowest BCUT2D eigenvalue weighted by molar-refractivity contribution is 0.384. The molecular weight excluding hydrogens is 254 g/mol. The van der Waals surface area contributed by atoms with Gasteiger partial charge in [-0.1, -0.05) is 18.2 Å². The summed E-state index contributed by atoms with van der Waals surface area (Å²) in [6.07, 6.45) is 1.64. The van der Waals surface area contributed by atoms with Crippen molar-refractivity contribution in [3.8, 4) is 34.6 Å². The molecule has 0 aromatic heterocycles. The maximum atomic E-state index is 8.58. The van der Waals surface area contributed by atoms with E-state index in [0.717, 1.165) is 22.4 Å². The second-order valence-electron chi connectivity index (χ2n) is 4.24. The lowest BCUT2D eigenvalue weighted by Crippen LogP contribution is -1.91. The summed E-state index contributed by atoms with van der Waals surface area (Å²) in [4.78, 5) is 0. The average Bonchev–Trinajstić information content (AvgIpc) is 2.48. The second kappa shape index (κ2) is 5.98. The highest BCUT2D eigenvalue weighted by molar-refractivity contribution is 5.69. The van der Waals surface area contributed by atoms with Crippen molar-refractivity contribution in [2.75, 3.05) is 14.2 Å². The molecule has 4 heteroatoms. The highest BCUT2D eigenvalue weighted by atomic mass is 16.5. The molecule has 0 aliphatic heterocycles. The van der Waals surface area contributed by atoms with E-state index in [1.807, 2.05) is 37.3 Å². The van der Waals surface area contributed by atoms with Crippen molar-refractivity contribution in [1.29, 1.82) is 5.26 Å². The van der Waals surface area contributed by atoms with Crippen molar-refractivity contribution < 1.29 is 14.2 Å². The number of aryl methyl sites for hydroxylation is 1. The molecule has 0 aliphatic carbocycles. The molecule has 0 saturated heterocycles. The summed E-state index contributed by atoms with van der Waals surface area (Å²) in [6, 6.07) is 11.4. The molecule has 0 amide bonds. The van der Waals surface area contributed by atoms with Gasteiger partial charge in [0.25, 0.3) is 6.26 Å². The van der Waals surface area contributed by atoms with Gasteiger partial charge < -0.3 is 14.2 Å². The Morgan fingerprint density at radius 1 is 0.850 bits per heavy atom. The van der Waals surface area contributed by atoms with Gasteiger partial charge in [-0.2, -0.15) is 0 Å². The number of hydrogen-bond donors (Lipinski definition) is 0. The molecule has 20 heavy (non-hydrogen) atoms. The highest BCUT2D eigenvalue weighted by Gasteiger charge is 2.08. The van der Waals surface area contributed by atoms with Crippen LogP contribution < -0.4 is 14.2 Å². The molecule has 0 saturated carbocycles. The van der Waals surface area contributed by atoms with Crippen LogP contribution in [0.15, 0.2) is 36.4 Å². The lowest BCUT2D eigenvalue weighted by Gasteiger charge is -2.10. The van der Waals surface area contributed by atoms with E-state index >= 15 is 0 Å². The van der Waals surface area contributed by atoms with Gasteiger partial charge in [-0.3, -0.25) is 0 Å². The van der Waals surface area contributed by atoms with Gasteiger partial charge in [-0.05, 0) is 41.8 Å². The molecule has 0 bridgehead atoms.